The van der Waals surface area contributed by atoms with Crippen LogP contribution in [0.4, 0.5) is 22.0 Å². The Bertz CT molecular complexity index is 1160. The predicted molar refractivity (Wildman–Crippen MR) is 147 cm³/mol. The minimum absolute atomic E-state index is 0.148. The van der Waals surface area contributed by atoms with Gasteiger partial charge in [0, 0.05) is 45.9 Å². The average molecular weight is 551 g/mol. The molecule has 0 aliphatic rings. The summed E-state index contributed by atoms with van der Waals surface area (Å²) in [5.74, 6) is -3.20. The summed E-state index contributed by atoms with van der Waals surface area (Å²) in [5, 5.41) is 6.63. The van der Waals surface area contributed by atoms with Crippen LogP contribution in [-0.2, 0) is 13.1 Å². The van der Waals surface area contributed by atoms with Crippen molar-refractivity contribution >= 4 is 0 Å². The van der Waals surface area contributed by atoms with Crippen LogP contribution in [0.3, 0.4) is 0 Å². The molecule has 0 spiro atoms. The summed E-state index contributed by atoms with van der Waals surface area (Å²) in [6.07, 6.45) is 0.898. The molecule has 3 rings (SSSR count). The van der Waals surface area contributed by atoms with Gasteiger partial charge < -0.3 is 16.4 Å². The molecule has 4 N–H and O–H groups in total. The van der Waals surface area contributed by atoms with Crippen molar-refractivity contribution in [3.05, 3.63) is 106 Å². The van der Waals surface area contributed by atoms with E-state index in [4.69, 9.17) is 5.73 Å². The van der Waals surface area contributed by atoms with Gasteiger partial charge in [-0.25, -0.2) is 22.0 Å². The summed E-state index contributed by atoms with van der Waals surface area (Å²) < 4.78 is 64.6. The van der Waals surface area contributed by atoms with Gasteiger partial charge in [0.05, 0.1) is 0 Å². The van der Waals surface area contributed by atoms with E-state index >= 15 is 0 Å². The maximum atomic E-state index is 14.0. The number of nitrogens with one attached hydrogen (secondary N) is 2. The molecule has 0 bridgehead atoms. The number of benzene rings is 3. The molecule has 0 heterocycles. The van der Waals surface area contributed by atoms with Gasteiger partial charge in [0.15, 0.2) is 23.3 Å². The van der Waals surface area contributed by atoms with E-state index in [0.29, 0.717) is 38.4 Å². The molecule has 0 saturated carbocycles. The standard InChI is InChI=1S/C23H33F3N4.C7H6F2/c1-3-17(2)20-12-18(4-6-21(20)24)15-29-16-30(10-8-27)11-9-28-14-19-5-7-22(25)23(26)13-19;1-5-2-3-6(8)7(9)4-5/h4-7,12-13,17,28-29H,3,8-11,14-16,27H2,1-2H3;2-4H,1H3. The lowest BCUT2D eigenvalue weighted by Gasteiger charge is -2.22. The van der Waals surface area contributed by atoms with Crippen LogP contribution in [0, 0.1) is 36.0 Å². The Hall–Kier alpha value is -2.85. The van der Waals surface area contributed by atoms with Crippen molar-refractivity contribution in [2.24, 2.45) is 5.73 Å². The number of rotatable bonds is 13. The summed E-state index contributed by atoms with van der Waals surface area (Å²) in [4.78, 5) is 2.18. The van der Waals surface area contributed by atoms with E-state index in [0.717, 1.165) is 54.4 Å². The van der Waals surface area contributed by atoms with E-state index in [2.05, 4.69) is 22.5 Å². The van der Waals surface area contributed by atoms with Crippen molar-refractivity contribution < 1.29 is 22.0 Å². The topological polar surface area (TPSA) is 53.3 Å². The van der Waals surface area contributed by atoms with Crippen LogP contribution in [0.25, 0.3) is 0 Å². The minimum Gasteiger partial charge on any atom is -0.329 e. The molecule has 3 aromatic carbocycles. The fraction of sp³-hybridized carbons (Fsp3) is 0.400. The Morgan fingerprint density at radius 3 is 1.92 bits per heavy atom. The number of hydrogen-bond acceptors (Lipinski definition) is 4. The summed E-state index contributed by atoms with van der Waals surface area (Å²) >= 11 is 0. The van der Waals surface area contributed by atoms with Crippen molar-refractivity contribution in [1.82, 2.24) is 15.5 Å². The van der Waals surface area contributed by atoms with Crippen molar-refractivity contribution in [2.75, 3.05) is 32.8 Å². The highest BCUT2D eigenvalue weighted by Crippen LogP contribution is 2.23. The molecule has 0 fully saturated rings. The van der Waals surface area contributed by atoms with Gasteiger partial charge in [-0.1, -0.05) is 38.1 Å². The summed E-state index contributed by atoms with van der Waals surface area (Å²) in [7, 11) is 0. The Kier molecular flexibility index (Phi) is 14.1. The number of nitrogens with two attached hydrogens (primary N) is 1. The lowest BCUT2D eigenvalue weighted by atomic mass is 9.96. The first-order valence-electron chi connectivity index (χ1n) is 13.1. The fourth-order valence-electron chi connectivity index (χ4n) is 3.83. The summed E-state index contributed by atoms with van der Waals surface area (Å²) in [5.41, 5.74) is 8.96. The van der Waals surface area contributed by atoms with Crippen molar-refractivity contribution in [1.29, 1.82) is 0 Å². The van der Waals surface area contributed by atoms with Crippen LogP contribution in [0.5, 0.6) is 0 Å². The lowest BCUT2D eigenvalue weighted by molar-refractivity contribution is 0.257. The molecule has 0 aliphatic heterocycles. The molecular formula is C30H39F5N4. The van der Waals surface area contributed by atoms with Gasteiger partial charge in [0.2, 0.25) is 0 Å². The SMILES string of the molecule is CCC(C)c1cc(CNCN(CCN)CCNCc2ccc(F)c(F)c2)ccc1F.Cc1ccc(F)c(F)c1. The van der Waals surface area contributed by atoms with E-state index < -0.39 is 23.3 Å². The molecule has 39 heavy (non-hydrogen) atoms. The molecular weight excluding hydrogens is 511 g/mol. The third-order valence-corrected chi connectivity index (χ3v) is 6.31. The van der Waals surface area contributed by atoms with Crippen molar-refractivity contribution in [3.63, 3.8) is 0 Å². The molecule has 1 unspecified atom stereocenters. The van der Waals surface area contributed by atoms with Gasteiger partial charge in [0.1, 0.15) is 5.82 Å². The fourth-order valence-corrected chi connectivity index (χ4v) is 3.83. The third kappa shape index (κ3) is 11.4. The number of aryl methyl sites for hydroxylation is 1. The molecule has 9 heteroatoms. The van der Waals surface area contributed by atoms with Crippen molar-refractivity contribution in [2.45, 2.75) is 46.2 Å². The van der Waals surface area contributed by atoms with Crippen LogP contribution in [0.1, 0.15) is 48.4 Å². The Labute approximate surface area is 228 Å². The Morgan fingerprint density at radius 1 is 0.744 bits per heavy atom. The van der Waals surface area contributed by atoms with Crippen molar-refractivity contribution in [3.8, 4) is 0 Å². The minimum atomic E-state index is -0.837. The van der Waals surface area contributed by atoms with E-state index in [1.807, 2.05) is 19.1 Å². The quantitative estimate of drug-likeness (QED) is 0.139. The maximum absolute atomic E-state index is 14.0. The molecule has 4 nitrogen and oxygen atoms in total. The zero-order valence-electron chi connectivity index (χ0n) is 22.8. The van der Waals surface area contributed by atoms with Crippen LogP contribution in [-0.4, -0.2) is 37.7 Å². The first kappa shape index (κ1) is 32.4. The zero-order chi connectivity index (χ0) is 28.8. The molecule has 214 valence electrons. The molecule has 0 aliphatic carbocycles. The molecule has 0 radical (unpaired) electrons. The normalized spacial score (nSPS) is 11.8. The zero-order valence-corrected chi connectivity index (χ0v) is 22.8. The van der Waals surface area contributed by atoms with Gasteiger partial charge in [-0.3, -0.25) is 4.90 Å². The second-order valence-corrected chi connectivity index (χ2v) is 9.50. The first-order valence-corrected chi connectivity index (χ1v) is 13.1. The Morgan fingerprint density at radius 2 is 1.33 bits per heavy atom. The van der Waals surface area contributed by atoms with Crippen LogP contribution in [0.2, 0.25) is 0 Å². The number of hydrogen-bond donors (Lipinski definition) is 3. The van der Waals surface area contributed by atoms with Gasteiger partial charge >= 0.3 is 0 Å². The predicted octanol–water partition coefficient (Wildman–Crippen LogP) is 5.99. The highest BCUT2D eigenvalue weighted by molar-refractivity contribution is 5.27. The summed E-state index contributed by atoms with van der Waals surface area (Å²) in [6.45, 7) is 10.3. The van der Waals surface area contributed by atoms with E-state index in [1.165, 1.54) is 12.1 Å². The molecule has 0 saturated heterocycles. The number of nitrogens with zero attached hydrogens (tertiary/aromatic N) is 1. The van der Waals surface area contributed by atoms with Crippen LogP contribution in [0.15, 0.2) is 54.6 Å². The summed E-state index contributed by atoms with van der Waals surface area (Å²) in [6, 6.07) is 13.0. The number of halogens is 5. The van der Waals surface area contributed by atoms with E-state index in [1.54, 1.807) is 19.1 Å². The van der Waals surface area contributed by atoms with Gasteiger partial charge in [-0.2, -0.15) is 0 Å². The monoisotopic (exact) mass is 550 g/mol. The highest BCUT2D eigenvalue weighted by atomic mass is 19.2. The van der Waals surface area contributed by atoms with E-state index in [-0.39, 0.29) is 11.7 Å². The van der Waals surface area contributed by atoms with Gasteiger partial charge in [-0.05, 0) is 71.8 Å². The average Bonchev–Trinajstić information content (AvgIpc) is 2.91. The van der Waals surface area contributed by atoms with Crippen LogP contribution < -0.4 is 16.4 Å². The van der Waals surface area contributed by atoms with E-state index in [9.17, 15) is 22.0 Å². The van der Waals surface area contributed by atoms with Crippen LogP contribution >= 0.6 is 0 Å². The molecule has 0 aromatic heterocycles. The maximum Gasteiger partial charge on any atom is 0.159 e. The van der Waals surface area contributed by atoms with Gasteiger partial charge in [-0.15, -0.1) is 0 Å². The first-order chi connectivity index (χ1) is 18.6. The second-order valence-electron chi connectivity index (χ2n) is 9.50. The third-order valence-electron chi connectivity index (χ3n) is 6.31. The highest BCUT2D eigenvalue weighted by Gasteiger charge is 2.10. The lowest BCUT2D eigenvalue weighted by Crippen LogP contribution is -2.41. The molecule has 3 aromatic rings. The second kappa shape index (κ2) is 17.0. The molecule has 1 atom stereocenters. The largest absolute Gasteiger partial charge is 0.329 e. The molecule has 0 amide bonds. The smallest absolute Gasteiger partial charge is 0.159 e. The van der Waals surface area contributed by atoms with Gasteiger partial charge in [0.25, 0.3) is 0 Å². The Balaban J connectivity index is 0.000000499.